The van der Waals surface area contributed by atoms with E-state index in [9.17, 15) is 9.59 Å². The smallest absolute Gasteiger partial charge is 0.338 e. The van der Waals surface area contributed by atoms with E-state index in [1.54, 1.807) is 36.3 Å². The van der Waals surface area contributed by atoms with Crippen molar-refractivity contribution >= 4 is 39.7 Å². The van der Waals surface area contributed by atoms with Crippen molar-refractivity contribution < 1.29 is 19.1 Å². The molecule has 1 amide bonds. The van der Waals surface area contributed by atoms with E-state index in [0.717, 1.165) is 30.1 Å². The molecule has 0 saturated carbocycles. The summed E-state index contributed by atoms with van der Waals surface area (Å²) in [7, 11) is 1.62. The van der Waals surface area contributed by atoms with Crippen LogP contribution in [0, 0.1) is 0 Å². The number of nitrogens with one attached hydrogen (secondary N) is 1. The Kier molecular flexibility index (Phi) is 5.94. The molecule has 1 aromatic heterocycles. The van der Waals surface area contributed by atoms with Crippen molar-refractivity contribution in [3.63, 3.8) is 0 Å². The topological polar surface area (TPSA) is 80.8 Å². The molecule has 0 bridgehead atoms. The molecule has 1 saturated heterocycles. The summed E-state index contributed by atoms with van der Waals surface area (Å²) in [6.07, 6.45) is 1.44. The molecule has 2 heterocycles. The van der Waals surface area contributed by atoms with E-state index < -0.39 is 5.97 Å². The minimum absolute atomic E-state index is 0.0893. The molecule has 2 aromatic carbocycles. The third kappa shape index (κ3) is 4.60. The number of hydrogen-bond acceptors (Lipinski definition) is 7. The molecule has 0 spiro atoms. The van der Waals surface area contributed by atoms with Gasteiger partial charge in [-0.05, 0) is 55.0 Å². The number of carbonyl (C=O) groups is 2. The predicted molar refractivity (Wildman–Crippen MR) is 116 cm³/mol. The zero-order valence-electron chi connectivity index (χ0n) is 16.5. The lowest BCUT2D eigenvalue weighted by molar-refractivity contribution is -0.117. The van der Waals surface area contributed by atoms with Gasteiger partial charge in [-0.15, -0.1) is 11.3 Å². The molecule has 8 heteroatoms. The van der Waals surface area contributed by atoms with E-state index in [1.165, 1.54) is 11.3 Å². The van der Waals surface area contributed by atoms with Crippen LogP contribution in [0.1, 0.15) is 28.9 Å². The summed E-state index contributed by atoms with van der Waals surface area (Å²) < 4.78 is 10.5. The molecule has 0 radical (unpaired) electrons. The van der Waals surface area contributed by atoms with Crippen LogP contribution >= 0.6 is 11.3 Å². The van der Waals surface area contributed by atoms with Crippen LogP contribution in [-0.4, -0.2) is 30.5 Å². The van der Waals surface area contributed by atoms with Gasteiger partial charge in [0, 0.05) is 29.7 Å². The number of thiazole rings is 1. The Bertz CT molecular complexity index is 1030. The average molecular weight is 423 g/mol. The predicted octanol–water partition coefficient (Wildman–Crippen LogP) is 4.38. The Hall–Kier alpha value is -3.39. The van der Waals surface area contributed by atoms with Gasteiger partial charge in [0.05, 0.1) is 18.4 Å². The van der Waals surface area contributed by atoms with Gasteiger partial charge in [-0.1, -0.05) is 0 Å². The first-order valence-electron chi connectivity index (χ1n) is 9.55. The summed E-state index contributed by atoms with van der Waals surface area (Å²) in [6.45, 7) is 0.811. The number of nitrogens with zero attached hydrogens (tertiary/aromatic N) is 2. The minimum Gasteiger partial charge on any atom is -0.497 e. The van der Waals surface area contributed by atoms with Gasteiger partial charge in [-0.3, -0.25) is 4.79 Å². The number of esters is 1. The lowest BCUT2D eigenvalue weighted by Crippen LogP contribution is -2.23. The third-order valence-corrected chi connectivity index (χ3v) is 5.54. The van der Waals surface area contributed by atoms with Crippen molar-refractivity contribution in [1.29, 1.82) is 0 Å². The number of anilines is 3. The zero-order valence-corrected chi connectivity index (χ0v) is 17.3. The molecule has 4 rings (SSSR count). The fraction of sp³-hybridized carbons (Fsp3) is 0.227. The van der Waals surface area contributed by atoms with Crippen LogP contribution in [0.3, 0.4) is 0 Å². The molecule has 1 N–H and O–H groups in total. The summed E-state index contributed by atoms with van der Waals surface area (Å²) in [5.41, 5.74) is 2.81. The fourth-order valence-electron chi connectivity index (χ4n) is 3.15. The number of benzene rings is 2. The first kappa shape index (κ1) is 19.9. The molecule has 0 atom stereocenters. The summed E-state index contributed by atoms with van der Waals surface area (Å²) in [6, 6.07) is 14.5. The second-order valence-corrected chi connectivity index (χ2v) is 7.63. The lowest BCUT2D eigenvalue weighted by atomic mass is 10.2. The minimum atomic E-state index is -0.424. The number of methoxy groups -OCH3 is 1. The maximum atomic E-state index is 12.3. The summed E-state index contributed by atoms with van der Waals surface area (Å²) >= 11 is 1.44. The van der Waals surface area contributed by atoms with Crippen molar-refractivity contribution in [2.75, 3.05) is 23.9 Å². The standard InChI is InChI=1S/C22H21N3O4S/c1-28-19-10-6-16(7-11-19)23-22-24-17(14-30-22)13-29-21(27)15-4-8-18(9-5-15)25-12-2-3-20(25)26/h4-11,14H,2-3,12-13H2,1H3,(H,23,24). The van der Waals surface area contributed by atoms with Crippen molar-refractivity contribution in [2.45, 2.75) is 19.4 Å². The van der Waals surface area contributed by atoms with E-state index in [2.05, 4.69) is 10.3 Å². The Morgan fingerprint density at radius 2 is 1.93 bits per heavy atom. The number of amides is 1. The van der Waals surface area contributed by atoms with Gasteiger partial charge in [-0.2, -0.15) is 0 Å². The summed E-state index contributed by atoms with van der Waals surface area (Å²) in [5, 5.41) is 5.77. The Morgan fingerprint density at radius 3 is 2.60 bits per heavy atom. The van der Waals surface area contributed by atoms with Crippen LogP contribution in [0.4, 0.5) is 16.5 Å². The lowest BCUT2D eigenvalue weighted by Gasteiger charge is -2.15. The van der Waals surface area contributed by atoms with Crippen LogP contribution in [0.25, 0.3) is 0 Å². The molecule has 30 heavy (non-hydrogen) atoms. The van der Waals surface area contributed by atoms with Gasteiger partial charge < -0.3 is 19.7 Å². The molecular formula is C22H21N3O4S. The third-order valence-electron chi connectivity index (χ3n) is 4.73. The second-order valence-electron chi connectivity index (χ2n) is 6.77. The van der Waals surface area contributed by atoms with Crippen LogP contribution in [-0.2, 0) is 16.1 Å². The maximum absolute atomic E-state index is 12.3. The van der Waals surface area contributed by atoms with E-state index in [4.69, 9.17) is 9.47 Å². The molecule has 3 aromatic rings. The maximum Gasteiger partial charge on any atom is 0.338 e. The monoisotopic (exact) mass is 423 g/mol. The van der Waals surface area contributed by atoms with E-state index in [-0.39, 0.29) is 12.5 Å². The number of hydrogen-bond donors (Lipinski definition) is 1. The van der Waals surface area contributed by atoms with Crippen molar-refractivity contribution in [2.24, 2.45) is 0 Å². The molecule has 1 aliphatic heterocycles. The average Bonchev–Trinajstić information content (AvgIpc) is 3.41. The van der Waals surface area contributed by atoms with Gasteiger partial charge in [0.15, 0.2) is 5.13 Å². The normalized spacial score (nSPS) is 13.4. The largest absolute Gasteiger partial charge is 0.497 e. The number of aromatic nitrogens is 1. The molecule has 154 valence electrons. The van der Waals surface area contributed by atoms with Crippen molar-refractivity contribution in [3.8, 4) is 5.75 Å². The highest BCUT2D eigenvalue weighted by atomic mass is 32.1. The van der Waals surface area contributed by atoms with Crippen LogP contribution in [0.2, 0.25) is 0 Å². The molecule has 1 aliphatic rings. The highest BCUT2D eigenvalue weighted by Crippen LogP contribution is 2.24. The SMILES string of the molecule is COc1ccc(Nc2nc(COC(=O)c3ccc(N4CCCC4=O)cc3)cs2)cc1. The first-order chi connectivity index (χ1) is 14.6. The Balaban J connectivity index is 1.31. The quantitative estimate of drug-likeness (QED) is 0.568. The van der Waals surface area contributed by atoms with Crippen molar-refractivity contribution in [1.82, 2.24) is 4.98 Å². The zero-order chi connectivity index (χ0) is 20.9. The van der Waals surface area contributed by atoms with Crippen LogP contribution in [0.15, 0.2) is 53.9 Å². The van der Waals surface area contributed by atoms with Crippen LogP contribution < -0.4 is 15.0 Å². The van der Waals surface area contributed by atoms with E-state index >= 15 is 0 Å². The molecule has 0 unspecified atom stereocenters. The summed E-state index contributed by atoms with van der Waals surface area (Å²) in [4.78, 5) is 30.3. The highest BCUT2D eigenvalue weighted by Gasteiger charge is 2.21. The van der Waals surface area contributed by atoms with Crippen LogP contribution in [0.5, 0.6) is 5.75 Å². The fourth-order valence-corrected chi connectivity index (χ4v) is 3.87. The van der Waals surface area contributed by atoms with Gasteiger partial charge >= 0.3 is 5.97 Å². The highest BCUT2D eigenvalue weighted by molar-refractivity contribution is 7.13. The Morgan fingerprint density at radius 1 is 1.17 bits per heavy atom. The van der Waals surface area contributed by atoms with E-state index in [0.29, 0.717) is 22.8 Å². The van der Waals surface area contributed by atoms with Gasteiger partial charge in [0.25, 0.3) is 0 Å². The van der Waals surface area contributed by atoms with Gasteiger partial charge in [-0.25, -0.2) is 9.78 Å². The van der Waals surface area contributed by atoms with Gasteiger partial charge in [0.1, 0.15) is 12.4 Å². The second kappa shape index (κ2) is 8.96. The Labute approximate surface area is 178 Å². The van der Waals surface area contributed by atoms with Gasteiger partial charge in [0.2, 0.25) is 5.91 Å². The number of carbonyl (C=O) groups excluding carboxylic acids is 2. The molecule has 1 fully saturated rings. The number of rotatable bonds is 7. The first-order valence-corrected chi connectivity index (χ1v) is 10.4. The summed E-state index contributed by atoms with van der Waals surface area (Å²) in [5.74, 6) is 0.479. The molecule has 7 nitrogen and oxygen atoms in total. The molecular weight excluding hydrogens is 402 g/mol. The molecule has 0 aliphatic carbocycles. The van der Waals surface area contributed by atoms with Crippen molar-refractivity contribution in [3.05, 3.63) is 65.2 Å². The number of ether oxygens (including phenoxy) is 2. The van der Waals surface area contributed by atoms with E-state index in [1.807, 2.05) is 29.6 Å².